The van der Waals surface area contributed by atoms with Crippen LogP contribution in [0.25, 0.3) is 0 Å². The minimum absolute atomic E-state index is 0.0915. The zero-order valence-corrected chi connectivity index (χ0v) is 15.1. The van der Waals surface area contributed by atoms with Crippen molar-refractivity contribution in [2.45, 2.75) is 92.6 Å². The van der Waals surface area contributed by atoms with Crippen LogP contribution in [0, 0.1) is 5.41 Å². The largest absolute Gasteiger partial charge is 0.376 e. The van der Waals surface area contributed by atoms with E-state index in [4.69, 9.17) is 14.2 Å². The fourth-order valence-corrected chi connectivity index (χ4v) is 2.57. The second-order valence-corrected chi connectivity index (χ2v) is 7.95. The summed E-state index contributed by atoms with van der Waals surface area (Å²) in [6.45, 7) is 20.4. The van der Waals surface area contributed by atoms with Crippen LogP contribution in [0.5, 0.6) is 0 Å². The molecule has 122 valence electrons. The molecule has 0 bridgehead atoms. The van der Waals surface area contributed by atoms with Gasteiger partial charge in [0, 0.05) is 0 Å². The number of ether oxygens (including phenoxy) is 3. The van der Waals surface area contributed by atoms with Crippen LogP contribution in [0.2, 0.25) is 0 Å². The van der Waals surface area contributed by atoms with E-state index in [1.807, 2.05) is 20.8 Å². The lowest BCUT2D eigenvalue weighted by molar-refractivity contribution is -0.124. The lowest BCUT2D eigenvalue weighted by Crippen LogP contribution is -2.36. The zero-order chi connectivity index (χ0) is 16.0. The molecular weight excluding hydrogens is 252 g/mol. The van der Waals surface area contributed by atoms with Gasteiger partial charge in [-0.2, -0.15) is 0 Å². The summed E-state index contributed by atoms with van der Waals surface area (Å²) in [6.07, 6.45) is 1.47. The van der Waals surface area contributed by atoms with Gasteiger partial charge in [0.15, 0.2) is 0 Å². The molecule has 20 heavy (non-hydrogen) atoms. The molecule has 0 fully saturated rings. The zero-order valence-electron chi connectivity index (χ0n) is 15.1. The summed E-state index contributed by atoms with van der Waals surface area (Å²) in [5.41, 5.74) is 0.140. The van der Waals surface area contributed by atoms with Crippen LogP contribution in [0.15, 0.2) is 0 Å². The highest BCUT2D eigenvalue weighted by atomic mass is 16.6. The summed E-state index contributed by atoms with van der Waals surface area (Å²) in [7, 11) is 0. The van der Waals surface area contributed by atoms with Crippen molar-refractivity contribution in [3.05, 3.63) is 0 Å². The SMILES string of the molecule is CC(C)OCC(C)OCC(C)OC(C)(C)CC(C)(C)C. The third-order valence-corrected chi connectivity index (χ3v) is 2.76. The first-order valence-electron chi connectivity index (χ1n) is 7.82. The average Bonchev–Trinajstić information content (AvgIpc) is 2.19. The Hall–Kier alpha value is -0.120. The molecule has 3 nitrogen and oxygen atoms in total. The molecule has 0 rings (SSSR count). The molecule has 0 saturated carbocycles. The fourth-order valence-electron chi connectivity index (χ4n) is 2.57. The predicted octanol–water partition coefficient (Wildman–Crippen LogP) is 4.44. The smallest absolute Gasteiger partial charge is 0.0787 e. The third-order valence-electron chi connectivity index (χ3n) is 2.76. The quantitative estimate of drug-likeness (QED) is 0.628. The summed E-state index contributed by atoms with van der Waals surface area (Å²) < 4.78 is 17.4. The minimum atomic E-state index is -0.126. The molecule has 0 heterocycles. The van der Waals surface area contributed by atoms with Crippen molar-refractivity contribution >= 4 is 0 Å². The first-order chi connectivity index (χ1) is 8.91. The van der Waals surface area contributed by atoms with E-state index in [-0.39, 0.29) is 29.3 Å². The van der Waals surface area contributed by atoms with Crippen molar-refractivity contribution in [1.29, 1.82) is 0 Å². The fraction of sp³-hybridized carbons (Fsp3) is 1.00. The third kappa shape index (κ3) is 11.7. The maximum Gasteiger partial charge on any atom is 0.0787 e. The second kappa shape index (κ2) is 8.35. The van der Waals surface area contributed by atoms with Crippen LogP contribution in [-0.2, 0) is 14.2 Å². The average molecular weight is 288 g/mol. The molecule has 0 aromatic carbocycles. The second-order valence-electron chi connectivity index (χ2n) is 7.95. The summed E-state index contributed by atoms with van der Waals surface area (Å²) in [6, 6.07) is 0. The van der Waals surface area contributed by atoms with E-state index < -0.39 is 0 Å². The topological polar surface area (TPSA) is 27.7 Å². The Morgan fingerprint density at radius 3 is 1.70 bits per heavy atom. The van der Waals surface area contributed by atoms with Gasteiger partial charge >= 0.3 is 0 Å². The summed E-state index contributed by atoms with van der Waals surface area (Å²) >= 11 is 0. The van der Waals surface area contributed by atoms with E-state index in [1.54, 1.807) is 0 Å². The van der Waals surface area contributed by atoms with E-state index in [1.165, 1.54) is 0 Å². The van der Waals surface area contributed by atoms with Gasteiger partial charge in [0.1, 0.15) is 0 Å². The monoisotopic (exact) mass is 288 g/mol. The van der Waals surface area contributed by atoms with Crippen LogP contribution >= 0.6 is 0 Å². The Bertz CT molecular complexity index is 253. The minimum Gasteiger partial charge on any atom is -0.376 e. The molecule has 2 unspecified atom stereocenters. The molecule has 0 amide bonds. The van der Waals surface area contributed by atoms with Crippen molar-refractivity contribution < 1.29 is 14.2 Å². The van der Waals surface area contributed by atoms with Crippen molar-refractivity contribution in [1.82, 2.24) is 0 Å². The van der Waals surface area contributed by atoms with Gasteiger partial charge in [-0.15, -0.1) is 0 Å². The molecule has 0 aromatic heterocycles. The molecule has 0 spiro atoms. The Morgan fingerprint density at radius 2 is 1.25 bits per heavy atom. The number of hydrogen-bond donors (Lipinski definition) is 0. The Kier molecular flexibility index (Phi) is 8.30. The Balaban J connectivity index is 4.01. The van der Waals surface area contributed by atoms with E-state index >= 15 is 0 Å². The van der Waals surface area contributed by atoms with Gasteiger partial charge in [0.25, 0.3) is 0 Å². The molecule has 0 aliphatic carbocycles. The van der Waals surface area contributed by atoms with Crippen molar-refractivity contribution in [2.24, 2.45) is 5.41 Å². The predicted molar refractivity (Wildman–Crippen MR) is 85.2 cm³/mol. The summed E-state index contributed by atoms with van der Waals surface area (Å²) in [4.78, 5) is 0. The van der Waals surface area contributed by atoms with Crippen molar-refractivity contribution in [3.63, 3.8) is 0 Å². The molecule has 0 radical (unpaired) electrons. The highest BCUT2D eigenvalue weighted by Gasteiger charge is 2.28. The molecule has 0 aliphatic heterocycles. The van der Waals surface area contributed by atoms with Gasteiger partial charge < -0.3 is 14.2 Å². The first-order valence-corrected chi connectivity index (χ1v) is 7.82. The first kappa shape index (κ1) is 19.9. The van der Waals surface area contributed by atoms with Gasteiger partial charge in [0.05, 0.1) is 37.1 Å². The van der Waals surface area contributed by atoms with Crippen LogP contribution in [0.1, 0.15) is 68.7 Å². The molecule has 2 atom stereocenters. The maximum atomic E-state index is 6.12. The van der Waals surface area contributed by atoms with Crippen molar-refractivity contribution in [2.75, 3.05) is 13.2 Å². The summed E-state index contributed by atoms with van der Waals surface area (Å²) in [5, 5.41) is 0. The normalized spacial score (nSPS) is 16.5. The maximum absolute atomic E-state index is 6.12. The highest BCUT2D eigenvalue weighted by Crippen LogP contribution is 2.30. The van der Waals surface area contributed by atoms with Gasteiger partial charge in [0.2, 0.25) is 0 Å². The number of hydrogen-bond acceptors (Lipinski definition) is 3. The molecule has 3 heteroatoms. The lowest BCUT2D eigenvalue weighted by atomic mass is 9.83. The standard InChI is InChI=1S/C17H36O3/c1-13(2)18-10-14(3)19-11-15(4)20-17(8,9)12-16(5,6)7/h13-15H,10-12H2,1-9H3. The number of rotatable bonds is 9. The van der Waals surface area contributed by atoms with E-state index in [0.717, 1.165) is 6.42 Å². The molecule has 0 saturated heterocycles. The van der Waals surface area contributed by atoms with E-state index in [9.17, 15) is 0 Å². The Morgan fingerprint density at radius 1 is 0.750 bits per heavy atom. The van der Waals surface area contributed by atoms with Crippen LogP contribution in [-0.4, -0.2) is 37.1 Å². The van der Waals surface area contributed by atoms with Gasteiger partial charge in [-0.3, -0.25) is 0 Å². The van der Waals surface area contributed by atoms with Crippen LogP contribution in [0.3, 0.4) is 0 Å². The van der Waals surface area contributed by atoms with E-state index in [2.05, 4.69) is 41.5 Å². The highest BCUT2D eigenvalue weighted by molar-refractivity contribution is 4.78. The van der Waals surface area contributed by atoms with Gasteiger partial charge in [-0.1, -0.05) is 20.8 Å². The van der Waals surface area contributed by atoms with Crippen LogP contribution in [0.4, 0.5) is 0 Å². The molecule has 0 aliphatic rings. The molecule has 0 aromatic rings. The van der Waals surface area contributed by atoms with Gasteiger partial charge in [-0.05, 0) is 53.4 Å². The lowest BCUT2D eigenvalue weighted by Gasteiger charge is -2.35. The summed E-state index contributed by atoms with van der Waals surface area (Å²) in [5.74, 6) is 0. The van der Waals surface area contributed by atoms with Crippen LogP contribution < -0.4 is 0 Å². The Labute approximate surface area is 126 Å². The molecule has 0 N–H and O–H groups in total. The van der Waals surface area contributed by atoms with E-state index in [0.29, 0.717) is 13.2 Å². The molecular formula is C17H36O3. The van der Waals surface area contributed by atoms with Crippen molar-refractivity contribution in [3.8, 4) is 0 Å². The van der Waals surface area contributed by atoms with Gasteiger partial charge in [-0.25, -0.2) is 0 Å².